The number of carbonyl (C=O) groups excluding carboxylic acids is 1. The number of nitrogens with zero attached hydrogens (tertiary/aromatic N) is 1. The van der Waals surface area contributed by atoms with Gasteiger partial charge in [-0.2, -0.15) is 0 Å². The molecule has 1 aromatic carbocycles. The van der Waals surface area contributed by atoms with Crippen LogP contribution in [-0.2, 0) is 4.79 Å². The van der Waals surface area contributed by atoms with Crippen molar-refractivity contribution < 1.29 is 9.53 Å². The first kappa shape index (κ1) is 12.4. The molecule has 1 saturated heterocycles. The largest absolute Gasteiger partial charge is 0.494 e. The van der Waals surface area contributed by atoms with Gasteiger partial charge in [-0.1, -0.05) is 12.1 Å². The third-order valence-corrected chi connectivity index (χ3v) is 2.60. The quantitative estimate of drug-likeness (QED) is 0.841. The normalized spacial score (nSPS) is 20.7. The van der Waals surface area contributed by atoms with Crippen molar-refractivity contribution in [3.8, 4) is 5.75 Å². The molecule has 1 unspecified atom stereocenters. The molecule has 1 atom stereocenters. The fraction of sp³-hybridized carbons (Fsp3) is 0.385. The molecular formula is C13H17N3O2. The SMILES string of the molecule is CCN=C1NC(=O)C(c2cccc(OCC)c2)N1. The molecule has 2 rings (SSSR count). The third-order valence-electron chi connectivity index (χ3n) is 2.60. The Morgan fingerprint density at radius 1 is 1.39 bits per heavy atom. The summed E-state index contributed by atoms with van der Waals surface area (Å²) >= 11 is 0. The highest BCUT2D eigenvalue weighted by molar-refractivity contribution is 6.06. The topological polar surface area (TPSA) is 62.7 Å². The Labute approximate surface area is 106 Å². The summed E-state index contributed by atoms with van der Waals surface area (Å²) in [6.45, 7) is 5.09. The van der Waals surface area contributed by atoms with Crippen molar-refractivity contribution in [1.29, 1.82) is 0 Å². The van der Waals surface area contributed by atoms with E-state index in [0.29, 0.717) is 19.1 Å². The highest BCUT2D eigenvalue weighted by Gasteiger charge is 2.29. The summed E-state index contributed by atoms with van der Waals surface area (Å²) in [6, 6.07) is 7.13. The summed E-state index contributed by atoms with van der Waals surface area (Å²) in [5.41, 5.74) is 0.875. The fourth-order valence-electron chi connectivity index (χ4n) is 1.86. The Balaban J connectivity index is 2.19. The van der Waals surface area contributed by atoms with Crippen molar-refractivity contribution in [1.82, 2.24) is 10.6 Å². The Morgan fingerprint density at radius 2 is 2.22 bits per heavy atom. The number of amides is 1. The molecule has 1 aliphatic rings. The van der Waals surface area contributed by atoms with Gasteiger partial charge in [0.1, 0.15) is 11.8 Å². The van der Waals surface area contributed by atoms with E-state index in [0.717, 1.165) is 11.3 Å². The van der Waals surface area contributed by atoms with Crippen LogP contribution in [-0.4, -0.2) is 25.0 Å². The van der Waals surface area contributed by atoms with Crippen molar-refractivity contribution in [2.45, 2.75) is 19.9 Å². The third kappa shape index (κ3) is 2.61. The second-order valence-electron chi connectivity index (χ2n) is 3.90. The van der Waals surface area contributed by atoms with Gasteiger partial charge >= 0.3 is 0 Å². The zero-order valence-electron chi connectivity index (χ0n) is 10.6. The van der Waals surface area contributed by atoms with Gasteiger partial charge in [-0.3, -0.25) is 15.1 Å². The second kappa shape index (κ2) is 5.53. The fourth-order valence-corrected chi connectivity index (χ4v) is 1.86. The average Bonchev–Trinajstić information content (AvgIpc) is 2.72. The molecule has 1 aromatic rings. The predicted molar refractivity (Wildman–Crippen MR) is 69.6 cm³/mol. The lowest BCUT2D eigenvalue weighted by molar-refractivity contribution is -0.120. The van der Waals surface area contributed by atoms with Gasteiger partial charge < -0.3 is 10.1 Å². The van der Waals surface area contributed by atoms with Crippen LogP contribution in [0.5, 0.6) is 5.75 Å². The minimum absolute atomic E-state index is 0.0872. The van der Waals surface area contributed by atoms with E-state index in [1.165, 1.54) is 0 Å². The number of guanidine groups is 1. The molecular weight excluding hydrogens is 230 g/mol. The lowest BCUT2D eigenvalue weighted by Crippen LogP contribution is -2.25. The minimum Gasteiger partial charge on any atom is -0.494 e. The number of ether oxygens (including phenoxy) is 1. The van der Waals surface area contributed by atoms with E-state index in [9.17, 15) is 4.79 Å². The maximum absolute atomic E-state index is 11.8. The molecule has 18 heavy (non-hydrogen) atoms. The maximum Gasteiger partial charge on any atom is 0.253 e. The molecule has 0 bridgehead atoms. The van der Waals surface area contributed by atoms with Gasteiger partial charge in [-0.05, 0) is 31.5 Å². The molecule has 0 saturated carbocycles. The number of nitrogens with one attached hydrogen (secondary N) is 2. The van der Waals surface area contributed by atoms with Crippen LogP contribution >= 0.6 is 0 Å². The summed E-state index contributed by atoms with van der Waals surface area (Å²) in [7, 11) is 0. The smallest absolute Gasteiger partial charge is 0.253 e. The second-order valence-corrected chi connectivity index (χ2v) is 3.90. The van der Waals surface area contributed by atoms with E-state index in [4.69, 9.17) is 4.74 Å². The molecule has 1 aliphatic heterocycles. The highest BCUT2D eigenvalue weighted by Crippen LogP contribution is 2.21. The number of hydrogen-bond donors (Lipinski definition) is 2. The van der Waals surface area contributed by atoms with Crippen molar-refractivity contribution in [3.63, 3.8) is 0 Å². The highest BCUT2D eigenvalue weighted by atomic mass is 16.5. The first-order chi connectivity index (χ1) is 8.74. The van der Waals surface area contributed by atoms with Gasteiger partial charge in [0.15, 0.2) is 5.96 Å². The van der Waals surface area contributed by atoms with E-state index in [1.54, 1.807) is 0 Å². The van der Waals surface area contributed by atoms with Crippen molar-refractivity contribution in [2.75, 3.05) is 13.2 Å². The summed E-state index contributed by atoms with van der Waals surface area (Å²) in [4.78, 5) is 16.0. The molecule has 0 aliphatic carbocycles. The van der Waals surface area contributed by atoms with Gasteiger partial charge in [0.05, 0.1) is 6.61 Å². The van der Waals surface area contributed by atoms with E-state index in [1.807, 2.05) is 38.1 Å². The van der Waals surface area contributed by atoms with Crippen LogP contribution in [0.1, 0.15) is 25.5 Å². The van der Waals surface area contributed by atoms with Gasteiger partial charge in [-0.25, -0.2) is 0 Å². The van der Waals surface area contributed by atoms with Gasteiger partial charge in [-0.15, -0.1) is 0 Å². The zero-order valence-corrected chi connectivity index (χ0v) is 10.6. The van der Waals surface area contributed by atoms with E-state index in [2.05, 4.69) is 15.6 Å². The summed E-state index contributed by atoms with van der Waals surface area (Å²) in [5, 5.41) is 5.77. The van der Waals surface area contributed by atoms with Crippen molar-refractivity contribution >= 4 is 11.9 Å². The van der Waals surface area contributed by atoms with Crippen LogP contribution in [0.15, 0.2) is 29.3 Å². The molecule has 0 radical (unpaired) electrons. The first-order valence-electron chi connectivity index (χ1n) is 6.09. The van der Waals surface area contributed by atoms with Crippen LogP contribution < -0.4 is 15.4 Å². The number of carbonyl (C=O) groups is 1. The predicted octanol–water partition coefficient (Wildman–Crippen LogP) is 1.22. The average molecular weight is 247 g/mol. The molecule has 1 fully saturated rings. The monoisotopic (exact) mass is 247 g/mol. The Hall–Kier alpha value is -2.04. The van der Waals surface area contributed by atoms with E-state index in [-0.39, 0.29) is 5.91 Å². The van der Waals surface area contributed by atoms with Crippen molar-refractivity contribution in [2.24, 2.45) is 4.99 Å². The lowest BCUT2D eigenvalue weighted by Gasteiger charge is -2.10. The Bertz CT molecular complexity index is 471. The molecule has 1 heterocycles. The molecule has 5 nitrogen and oxygen atoms in total. The van der Waals surface area contributed by atoms with Gasteiger partial charge in [0.2, 0.25) is 0 Å². The number of aliphatic imine (C=N–C) groups is 1. The molecule has 2 N–H and O–H groups in total. The summed E-state index contributed by atoms with van der Waals surface area (Å²) in [6.07, 6.45) is 0. The van der Waals surface area contributed by atoms with Crippen molar-refractivity contribution in [3.05, 3.63) is 29.8 Å². The summed E-state index contributed by atoms with van der Waals surface area (Å²) in [5.74, 6) is 1.22. The van der Waals surface area contributed by atoms with Crippen LogP contribution in [0.3, 0.4) is 0 Å². The maximum atomic E-state index is 11.8. The summed E-state index contributed by atoms with van der Waals surface area (Å²) < 4.78 is 5.43. The number of rotatable bonds is 4. The Morgan fingerprint density at radius 3 is 2.94 bits per heavy atom. The standard InChI is InChI=1S/C13H17N3O2/c1-3-14-13-15-11(12(17)16-13)9-6-5-7-10(8-9)18-4-2/h5-8,11H,3-4H2,1-2H3,(H2,14,15,16,17). The lowest BCUT2D eigenvalue weighted by atomic mass is 10.1. The minimum atomic E-state index is -0.393. The Kier molecular flexibility index (Phi) is 3.82. The van der Waals surface area contributed by atoms with Crippen LogP contribution in [0.25, 0.3) is 0 Å². The molecule has 96 valence electrons. The van der Waals surface area contributed by atoms with Crippen LogP contribution in [0.2, 0.25) is 0 Å². The molecule has 0 aromatic heterocycles. The van der Waals surface area contributed by atoms with Gasteiger partial charge in [0.25, 0.3) is 5.91 Å². The molecule has 5 heteroatoms. The zero-order chi connectivity index (χ0) is 13.0. The number of hydrogen-bond acceptors (Lipinski definition) is 3. The first-order valence-corrected chi connectivity index (χ1v) is 6.09. The van der Waals surface area contributed by atoms with Crippen LogP contribution in [0.4, 0.5) is 0 Å². The number of benzene rings is 1. The van der Waals surface area contributed by atoms with Gasteiger partial charge in [0, 0.05) is 6.54 Å². The van der Waals surface area contributed by atoms with Crippen LogP contribution in [0, 0.1) is 0 Å². The molecule has 1 amide bonds. The van der Waals surface area contributed by atoms with E-state index >= 15 is 0 Å². The van der Waals surface area contributed by atoms with E-state index < -0.39 is 6.04 Å². The molecule has 0 spiro atoms.